The second-order valence-electron chi connectivity index (χ2n) is 7.28. The minimum Gasteiger partial charge on any atom is -0.459 e. The van der Waals surface area contributed by atoms with Crippen molar-refractivity contribution in [3.63, 3.8) is 0 Å². The molecule has 2 amide bonds. The number of carbonyl (C=O) groups is 2. The molecule has 0 spiro atoms. The minimum absolute atomic E-state index is 0.0457. The molecule has 6 heteroatoms. The summed E-state index contributed by atoms with van der Waals surface area (Å²) in [6.07, 6.45) is 3.16. The smallest absolute Gasteiger partial charge is 0.289 e. The Hall–Kier alpha value is -1.82. The Kier molecular flexibility index (Phi) is 7.05. The summed E-state index contributed by atoms with van der Waals surface area (Å²) in [7, 11) is 0. The molecule has 2 rings (SSSR count). The molecule has 0 bridgehead atoms. The standard InChI is InChI=1S/C19H31N3O3/c1-14(2)22(15(3)4)11-9-20-18(23)16-7-5-10-21(13-16)19(24)17-8-6-12-25-17/h6,8,12,14-16H,5,7,9-11,13H2,1-4H3,(H,20,23). The maximum Gasteiger partial charge on any atom is 0.289 e. The van der Waals surface area contributed by atoms with Crippen molar-refractivity contribution in [2.75, 3.05) is 26.2 Å². The van der Waals surface area contributed by atoms with E-state index in [4.69, 9.17) is 4.42 Å². The van der Waals surface area contributed by atoms with Crippen LogP contribution in [0, 0.1) is 5.92 Å². The van der Waals surface area contributed by atoms with Gasteiger partial charge in [0.2, 0.25) is 5.91 Å². The first kappa shape index (κ1) is 19.5. The van der Waals surface area contributed by atoms with Crippen molar-refractivity contribution >= 4 is 11.8 Å². The topological polar surface area (TPSA) is 65.8 Å². The number of carbonyl (C=O) groups excluding carboxylic acids is 2. The van der Waals surface area contributed by atoms with Gasteiger partial charge in [-0.2, -0.15) is 0 Å². The van der Waals surface area contributed by atoms with E-state index in [9.17, 15) is 9.59 Å². The SMILES string of the molecule is CC(C)N(CCNC(=O)C1CCCN(C(=O)c2ccco2)C1)C(C)C. The molecule has 0 radical (unpaired) electrons. The van der Waals surface area contributed by atoms with Crippen molar-refractivity contribution in [1.29, 1.82) is 0 Å². The molecule has 1 saturated heterocycles. The number of piperidine rings is 1. The highest BCUT2D eigenvalue weighted by Gasteiger charge is 2.29. The van der Waals surface area contributed by atoms with Gasteiger partial charge < -0.3 is 14.6 Å². The van der Waals surface area contributed by atoms with Crippen LogP contribution in [0.1, 0.15) is 51.1 Å². The van der Waals surface area contributed by atoms with Gasteiger partial charge in [-0.15, -0.1) is 0 Å². The molecule has 25 heavy (non-hydrogen) atoms. The molecule has 1 unspecified atom stereocenters. The Morgan fingerprint density at radius 1 is 1.32 bits per heavy atom. The summed E-state index contributed by atoms with van der Waals surface area (Å²) < 4.78 is 5.18. The maximum absolute atomic E-state index is 12.5. The number of amides is 2. The third kappa shape index (κ3) is 5.33. The highest BCUT2D eigenvalue weighted by molar-refractivity contribution is 5.92. The summed E-state index contributed by atoms with van der Waals surface area (Å²) >= 11 is 0. The fourth-order valence-electron chi connectivity index (χ4n) is 3.50. The number of hydrogen-bond donors (Lipinski definition) is 1. The normalized spacial score (nSPS) is 18.2. The zero-order valence-corrected chi connectivity index (χ0v) is 15.8. The second kappa shape index (κ2) is 9.04. The molecule has 0 aromatic carbocycles. The molecule has 1 atom stereocenters. The van der Waals surface area contributed by atoms with Crippen LogP contribution in [-0.2, 0) is 4.79 Å². The van der Waals surface area contributed by atoms with Gasteiger partial charge in [0.1, 0.15) is 0 Å². The number of likely N-dealkylation sites (tertiary alicyclic amines) is 1. The summed E-state index contributed by atoms with van der Waals surface area (Å²) in [5.41, 5.74) is 0. The van der Waals surface area contributed by atoms with Crippen molar-refractivity contribution in [3.05, 3.63) is 24.2 Å². The van der Waals surface area contributed by atoms with Crippen molar-refractivity contribution in [3.8, 4) is 0 Å². The van der Waals surface area contributed by atoms with Crippen molar-refractivity contribution < 1.29 is 14.0 Å². The maximum atomic E-state index is 12.5. The molecule has 1 N–H and O–H groups in total. The van der Waals surface area contributed by atoms with Gasteiger partial charge in [-0.05, 0) is 52.7 Å². The molecule has 0 aliphatic carbocycles. The van der Waals surface area contributed by atoms with Crippen LogP contribution in [0.2, 0.25) is 0 Å². The quantitative estimate of drug-likeness (QED) is 0.821. The van der Waals surface area contributed by atoms with E-state index in [0.717, 1.165) is 19.4 Å². The Morgan fingerprint density at radius 2 is 2.04 bits per heavy atom. The van der Waals surface area contributed by atoms with Crippen LogP contribution in [-0.4, -0.2) is 59.9 Å². The zero-order chi connectivity index (χ0) is 18.4. The molecular weight excluding hydrogens is 318 g/mol. The third-order valence-corrected chi connectivity index (χ3v) is 4.81. The zero-order valence-electron chi connectivity index (χ0n) is 15.8. The fraction of sp³-hybridized carbons (Fsp3) is 0.684. The largest absolute Gasteiger partial charge is 0.459 e. The van der Waals surface area contributed by atoms with Crippen LogP contribution < -0.4 is 5.32 Å². The molecule has 6 nitrogen and oxygen atoms in total. The first-order valence-corrected chi connectivity index (χ1v) is 9.26. The van der Waals surface area contributed by atoms with Gasteiger partial charge in [-0.3, -0.25) is 14.5 Å². The van der Waals surface area contributed by atoms with E-state index in [1.807, 2.05) is 0 Å². The first-order valence-electron chi connectivity index (χ1n) is 9.26. The summed E-state index contributed by atoms with van der Waals surface area (Å²) in [4.78, 5) is 28.9. The predicted octanol–water partition coefficient (Wildman–Crippen LogP) is 2.37. The Balaban J connectivity index is 1.82. The van der Waals surface area contributed by atoms with Gasteiger partial charge in [0.25, 0.3) is 5.91 Å². The average molecular weight is 349 g/mol. The molecular formula is C19H31N3O3. The summed E-state index contributed by atoms with van der Waals surface area (Å²) in [6.45, 7) is 11.3. The van der Waals surface area contributed by atoms with Gasteiger partial charge in [0.05, 0.1) is 12.2 Å². The van der Waals surface area contributed by atoms with Crippen LogP contribution in [0.4, 0.5) is 0 Å². The van der Waals surface area contributed by atoms with E-state index in [-0.39, 0.29) is 17.7 Å². The van der Waals surface area contributed by atoms with E-state index in [1.54, 1.807) is 17.0 Å². The average Bonchev–Trinajstić information content (AvgIpc) is 3.11. The van der Waals surface area contributed by atoms with Gasteiger partial charge in [0.15, 0.2) is 5.76 Å². The number of nitrogens with one attached hydrogen (secondary N) is 1. The van der Waals surface area contributed by atoms with Gasteiger partial charge >= 0.3 is 0 Å². The highest BCUT2D eigenvalue weighted by atomic mass is 16.3. The number of hydrogen-bond acceptors (Lipinski definition) is 4. The van der Waals surface area contributed by atoms with Crippen LogP contribution in [0.25, 0.3) is 0 Å². The van der Waals surface area contributed by atoms with Crippen molar-refractivity contribution in [1.82, 2.24) is 15.1 Å². The Labute approximate surface area is 150 Å². The van der Waals surface area contributed by atoms with Gasteiger partial charge in [0, 0.05) is 38.3 Å². The van der Waals surface area contributed by atoms with Crippen LogP contribution in [0.5, 0.6) is 0 Å². The highest BCUT2D eigenvalue weighted by Crippen LogP contribution is 2.19. The van der Waals surface area contributed by atoms with E-state index in [2.05, 4.69) is 37.9 Å². The molecule has 0 saturated carbocycles. The van der Waals surface area contributed by atoms with Crippen molar-refractivity contribution in [2.45, 2.75) is 52.6 Å². The van der Waals surface area contributed by atoms with Crippen LogP contribution in [0.3, 0.4) is 0 Å². The molecule has 2 heterocycles. The van der Waals surface area contributed by atoms with E-state index >= 15 is 0 Å². The lowest BCUT2D eigenvalue weighted by molar-refractivity contribution is -0.126. The molecule has 1 aliphatic rings. The van der Waals surface area contributed by atoms with Crippen LogP contribution in [0.15, 0.2) is 22.8 Å². The fourth-order valence-corrected chi connectivity index (χ4v) is 3.50. The molecule has 140 valence electrons. The number of nitrogens with zero attached hydrogens (tertiary/aromatic N) is 2. The second-order valence-corrected chi connectivity index (χ2v) is 7.28. The molecule has 1 aliphatic heterocycles. The monoisotopic (exact) mass is 349 g/mol. The summed E-state index contributed by atoms with van der Waals surface area (Å²) in [5.74, 6) is 0.113. The first-order chi connectivity index (χ1) is 11.9. The van der Waals surface area contributed by atoms with E-state index < -0.39 is 0 Å². The predicted molar refractivity (Wildman–Crippen MR) is 97.3 cm³/mol. The number of rotatable bonds is 7. The molecule has 1 fully saturated rings. The Bertz CT molecular complexity index is 546. The lowest BCUT2D eigenvalue weighted by Gasteiger charge is -2.32. The molecule has 1 aromatic rings. The number of furan rings is 1. The van der Waals surface area contributed by atoms with Gasteiger partial charge in [-0.25, -0.2) is 0 Å². The van der Waals surface area contributed by atoms with E-state index in [1.165, 1.54) is 6.26 Å². The lowest BCUT2D eigenvalue weighted by Crippen LogP contribution is -2.47. The minimum atomic E-state index is -0.140. The molecule has 1 aromatic heterocycles. The Morgan fingerprint density at radius 3 is 2.64 bits per heavy atom. The lowest BCUT2D eigenvalue weighted by atomic mass is 9.97. The van der Waals surface area contributed by atoms with E-state index in [0.29, 0.717) is 37.5 Å². The summed E-state index contributed by atoms with van der Waals surface area (Å²) in [5, 5.41) is 3.04. The third-order valence-electron chi connectivity index (χ3n) is 4.81. The van der Waals surface area contributed by atoms with Gasteiger partial charge in [-0.1, -0.05) is 0 Å². The van der Waals surface area contributed by atoms with Crippen molar-refractivity contribution in [2.24, 2.45) is 5.92 Å². The summed E-state index contributed by atoms with van der Waals surface area (Å²) in [6, 6.07) is 4.27. The van der Waals surface area contributed by atoms with Crippen LogP contribution >= 0.6 is 0 Å².